The van der Waals surface area contributed by atoms with Crippen LogP contribution in [-0.2, 0) is 20.1 Å². The van der Waals surface area contributed by atoms with Gasteiger partial charge < -0.3 is 19.7 Å². The number of rotatable bonds is 5. The molecule has 0 radical (unpaired) electrons. The number of ether oxygens (including phenoxy) is 2. The minimum atomic E-state index is -0.105. The summed E-state index contributed by atoms with van der Waals surface area (Å²) < 4.78 is 12.4. The monoisotopic (exact) mass is 316 g/mol. The van der Waals surface area contributed by atoms with Crippen molar-refractivity contribution in [2.45, 2.75) is 20.0 Å². The molecule has 0 aliphatic carbocycles. The Morgan fingerprint density at radius 2 is 2.17 bits per heavy atom. The van der Waals surface area contributed by atoms with E-state index in [0.717, 1.165) is 22.8 Å². The first-order valence-electron chi connectivity index (χ1n) is 7.55. The first-order valence-corrected chi connectivity index (χ1v) is 7.55. The summed E-state index contributed by atoms with van der Waals surface area (Å²) in [6, 6.07) is 7.52. The van der Waals surface area contributed by atoms with E-state index in [1.165, 1.54) is 0 Å². The van der Waals surface area contributed by atoms with E-state index in [4.69, 9.17) is 9.47 Å². The van der Waals surface area contributed by atoms with Crippen LogP contribution in [-0.4, -0.2) is 34.0 Å². The normalized spacial score (nSPS) is 12.3. The van der Waals surface area contributed by atoms with Gasteiger partial charge in [-0.15, -0.1) is 0 Å². The standard InChI is InChI=1S/C16H20N4O3/c1-3-20(16(21)17-9-13-6-7-18-19(13)2)10-12-4-5-14-15(8-12)23-11-22-14/h4-8H,3,9-11H2,1-2H3,(H,17,21). The Morgan fingerprint density at radius 3 is 2.91 bits per heavy atom. The van der Waals surface area contributed by atoms with E-state index in [0.29, 0.717) is 19.6 Å². The van der Waals surface area contributed by atoms with Crippen LogP contribution >= 0.6 is 0 Å². The second kappa shape index (κ2) is 6.60. The Morgan fingerprint density at radius 1 is 1.35 bits per heavy atom. The molecule has 2 heterocycles. The third kappa shape index (κ3) is 3.39. The zero-order chi connectivity index (χ0) is 16.2. The molecule has 1 aliphatic heterocycles. The van der Waals surface area contributed by atoms with E-state index in [-0.39, 0.29) is 12.8 Å². The zero-order valence-corrected chi connectivity index (χ0v) is 13.3. The minimum absolute atomic E-state index is 0.105. The number of carbonyl (C=O) groups excluding carboxylic acids is 1. The molecule has 0 saturated carbocycles. The highest BCUT2D eigenvalue weighted by molar-refractivity contribution is 5.74. The Bertz CT molecular complexity index is 698. The fourth-order valence-electron chi connectivity index (χ4n) is 2.44. The molecule has 23 heavy (non-hydrogen) atoms. The van der Waals surface area contributed by atoms with Crippen molar-refractivity contribution in [1.29, 1.82) is 0 Å². The molecule has 1 aliphatic rings. The van der Waals surface area contributed by atoms with Gasteiger partial charge in [0.2, 0.25) is 6.79 Å². The molecule has 0 unspecified atom stereocenters. The second-order valence-corrected chi connectivity index (χ2v) is 5.31. The number of hydrogen-bond acceptors (Lipinski definition) is 4. The fraction of sp³-hybridized carbons (Fsp3) is 0.375. The number of urea groups is 1. The number of nitrogens with one attached hydrogen (secondary N) is 1. The summed E-state index contributed by atoms with van der Waals surface area (Å²) in [5.74, 6) is 1.48. The van der Waals surface area contributed by atoms with Crippen LogP contribution in [0.1, 0.15) is 18.2 Å². The van der Waals surface area contributed by atoms with Crippen molar-refractivity contribution >= 4 is 6.03 Å². The molecule has 1 aromatic heterocycles. The molecule has 1 N–H and O–H groups in total. The number of fused-ring (bicyclic) bond motifs is 1. The lowest BCUT2D eigenvalue weighted by Crippen LogP contribution is -2.39. The molecule has 2 amide bonds. The largest absolute Gasteiger partial charge is 0.454 e. The molecule has 7 nitrogen and oxygen atoms in total. The van der Waals surface area contributed by atoms with E-state index in [2.05, 4.69) is 10.4 Å². The summed E-state index contributed by atoms with van der Waals surface area (Å²) in [6.07, 6.45) is 1.71. The van der Waals surface area contributed by atoms with Gasteiger partial charge in [0.15, 0.2) is 11.5 Å². The average Bonchev–Trinajstić information content (AvgIpc) is 3.18. The third-order valence-electron chi connectivity index (χ3n) is 3.82. The van der Waals surface area contributed by atoms with Gasteiger partial charge in [0, 0.05) is 26.3 Å². The number of aryl methyl sites for hydroxylation is 1. The van der Waals surface area contributed by atoms with Crippen LogP contribution in [0.25, 0.3) is 0 Å². The molecular formula is C16H20N4O3. The Balaban J connectivity index is 1.60. The van der Waals surface area contributed by atoms with Crippen LogP contribution in [0.3, 0.4) is 0 Å². The van der Waals surface area contributed by atoms with Crippen LogP contribution in [0.15, 0.2) is 30.5 Å². The van der Waals surface area contributed by atoms with Crippen LogP contribution in [0.2, 0.25) is 0 Å². The van der Waals surface area contributed by atoms with Crippen LogP contribution in [0.4, 0.5) is 4.79 Å². The Hall–Kier alpha value is -2.70. The molecule has 2 aromatic rings. The minimum Gasteiger partial charge on any atom is -0.454 e. The predicted molar refractivity (Wildman–Crippen MR) is 84.1 cm³/mol. The van der Waals surface area contributed by atoms with Crippen molar-refractivity contribution in [3.8, 4) is 11.5 Å². The first-order chi connectivity index (χ1) is 11.2. The lowest BCUT2D eigenvalue weighted by molar-refractivity contribution is 0.173. The summed E-state index contributed by atoms with van der Waals surface area (Å²) in [5.41, 5.74) is 1.96. The first kappa shape index (κ1) is 15.2. The SMILES string of the molecule is CCN(Cc1ccc2c(c1)OCO2)C(=O)NCc1ccnn1C. The highest BCUT2D eigenvalue weighted by atomic mass is 16.7. The van der Waals surface area contributed by atoms with E-state index < -0.39 is 0 Å². The second-order valence-electron chi connectivity index (χ2n) is 5.31. The molecule has 3 rings (SSSR count). The molecule has 0 fully saturated rings. The van der Waals surface area contributed by atoms with Gasteiger partial charge in [0.1, 0.15) is 0 Å². The molecule has 0 bridgehead atoms. The number of hydrogen-bond donors (Lipinski definition) is 1. The molecule has 0 saturated heterocycles. The lowest BCUT2D eigenvalue weighted by Gasteiger charge is -2.21. The topological polar surface area (TPSA) is 68.6 Å². The summed E-state index contributed by atoms with van der Waals surface area (Å²) in [7, 11) is 1.85. The quantitative estimate of drug-likeness (QED) is 0.914. The lowest BCUT2D eigenvalue weighted by atomic mass is 10.2. The zero-order valence-electron chi connectivity index (χ0n) is 13.3. The maximum absolute atomic E-state index is 12.3. The van der Waals surface area contributed by atoms with Crippen molar-refractivity contribution in [2.75, 3.05) is 13.3 Å². The number of aromatic nitrogens is 2. The maximum Gasteiger partial charge on any atom is 0.318 e. The molecular weight excluding hydrogens is 296 g/mol. The summed E-state index contributed by atoms with van der Waals surface area (Å²) in [6.45, 7) is 3.79. The molecule has 1 aromatic carbocycles. The van der Waals surface area contributed by atoms with E-state index in [9.17, 15) is 4.79 Å². The van der Waals surface area contributed by atoms with Crippen LogP contribution in [0, 0.1) is 0 Å². The third-order valence-corrected chi connectivity index (χ3v) is 3.82. The maximum atomic E-state index is 12.3. The summed E-state index contributed by atoms with van der Waals surface area (Å²) in [4.78, 5) is 14.1. The molecule has 0 spiro atoms. The molecule has 7 heteroatoms. The van der Waals surface area contributed by atoms with E-state index in [1.54, 1.807) is 15.8 Å². The highest BCUT2D eigenvalue weighted by Crippen LogP contribution is 2.32. The van der Waals surface area contributed by atoms with Gasteiger partial charge >= 0.3 is 6.03 Å². The average molecular weight is 316 g/mol. The van der Waals surface area contributed by atoms with Crippen LogP contribution < -0.4 is 14.8 Å². The van der Waals surface area contributed by atoms with Crippen molar-refractivity contribution in [3.05, 3.63) is 41.7 Å². The van der Waals surface area contributed by atoms with E-state index >= 15 is 0 Å². The number of benzene rings is 1. The predicted octanol–water partition coefficient (Wildman–Crippen LogP) is 1.88. The number of nitrogens with zero attached hydrogens (tertiary/aromatic N) is 3. The molecule has 122 valence electrons. The van der Waals surface area contributed by atoms with Gasteiger partial charge in [-0.1, -0.05) is 6.07 Å². The molecule has 0 atom stereocenters. The van der Waals surface area contributed by atoms with Crippen molar-refractivity contribution in [2.24, 2.45) is 7.05 Å². The van der Waals surface area contributed by atoms with Crippen molar-refractivity contribution < 1.29 is 14.3 Å². The van der Waals surface area contributed by atoms with Gasteiger partial charge in [-0.3, -0.25) is 4.68 Å². The van der Waals surface area contributed by atoms with Gasteiger partial charge in [-0.05, 0) is 30.7 Å². The van der Waals surface area contributed by atoms with Gasteiger partial charge in [-0.2, -0.15) is 5.10 Å². The number of carbonyl (C=O) groups is 1. The van der Waals surface area contributed by atoms with Crippen LogP contribution in [0.5, 0.6) is 11.5 Å². The Kier molecular flexibility index (Phi) is 4.36. The summed E-state index contributed by atoms with van der Waals surface area (Å²) in [5, 5.41) is 7.01. The highest BCUT2D eigenvalue weighted by Gasteiger charge is 2.16. The van der Waals surface area contributed by atoms with E-state index in [1.807, 2.05) is 38.2 Å². The van der Waals surface area contributed by atoms with Crippen molar-refractivity contribution in [3.63, 3.8) is 0 Å². The number of amides is 2. The van der Waals surface area contributed by atoms with Gasteiger partial charge in [0.05, 0.1) is 12.2 Å². The Labute approximate surface area is 134 Å². The fourth-order valence-corrected chi connectivity index (χ4v) is 2.44. The van der Waals surface area contributed by atoms with Crippen molar-refractivity contribution in [1.82, 2.24) is 20.0 Å². The smallest absolute Gasteiger partial charge is 0.318 e. The van der Waals surface area contributed by atoms with Gasteiger partial charge in [-0.25, -0.2) is 4.79 Å². The summed E-state index contributed by atoms with van der Waals surface area (Å²) >= 11 is 0. The van der Waals surface area contributed by atoms with Gasteiger partial charge in [0.25, 0.3) is 0 Å².